The highest BCUT2D eigenvalue weighted by Crippen LogP contribution is 2.54. The van der Waals surface area contributed by atoms with E-state index in [2.05, 4.69) is 21.4 Å². The lowest BCUT2D eigenvalue weighted by atomic mass is 10.4. The van der Waals surface area contributed by atoms with Gasteiger partial charge in [0.1, 0.15) is 0 Å². The van der Waals surface area contributed by atoms with Crippen molar-refractivity contribution in [3.05, 3.63) is 0 Å². The third-order valence-corrected chi connectivity index (χ3v) is 1.74. The minimum Gasteiger partial charge on any atom is -0.362 e. The molecule has 0 atom stereocenters. The van der Waals surface area contributed by atoms with E-state index in [9.17, 15) is 4.57 Å². The monoisotopic (exact) mass is 119 g/mol. The van der Waals surface area contributed by atoms with Gasteiger partial charge in [0.2, 0.25) is 0 Å². The average molecular weight is 119 g/mol. The Balaban J connectivity index is 2.45. The van der Waals surface area contributed by atoms with Gasteiger partial charge in [-0.3, -0.25) is 0 Å². The molecule has 0 bridgehead atoms. The minimum absolute atomic E-state index is 0.0484. The maximum atomic E-state index is 10.3. The topological polar surface area (TPSA) is 44.8 Å². The lowest BCUT2D eigenvalue weighted by molar-refractivity contribution is 0.236. The first-order chi connectivity index (χ1) is 3.27. The standard InChI is InChI=1S/B2H2O4P/c1-4-7(3)5-2-6-7/h1-2H. The van der Waals surface area contributed by atoms with Crippen molar-refractivity contribution in [3.8, 4) is 0 Å². The third kappa shape index (κ3) is 0.888. The number of hydrogen-bond donors (Lipinski definition) is 0. The van der Waals surface area contributed by atoms with Gasteiger partial charge in [0.25, 0.3) is 8.05 Å². The summed E-state index contributed by atoms with van der Waals surface area (Å²) >= 11 is 0. The highest BCUT2D eigenvalue weighted by Gasteiger charge is 2.34. The van der Waals surface area contributed by atoms with E-state index in [0.717, 1.165) is 0 Å². The summed E-state index contributed by atoms with van der Waals surface area (Å²) in [5, 5.41) is 0. The molecule has 0 N–H and O–H groups in total. The van der Waals surface area contributed by atoms with E-state index in [4.69, 9.17) is 0 Å². The van der Waals surface area contributed by atoms with Crippen LogP contribution in [0.3, 0.4) is 0 Å². The van der Waals surface area contributed by atoms with Crippen LogP contribution in [-0.2, 0) is 17.9 Å². The smallest absolute Gasteiger partial charge is 0.362 e. The molecule has 1 saturated heterocycles. The zero-order chi connectivity index (χ0) is 5.33. The fraction of sp³-hybridized carbons (Fsp3) is 0. The first-order valence-electron chi connectivity index (χ1n) is 1.60. The van der Waals surface area contributed by atoms with Crippen LogP contribution in [-0.4, -0.2) is 15.7 Å². The molecule has 0 amide bonds. The Labute approximate surface area is 42.5 Å². The summed E-state index contributed by atoms with van der Waals surface area (Å²) in [7, 11) is -0.170. The van der Waals surface area contributed by atoms with Gasteiger partial charge >= 0.3 is 15.5 Å². The molecule has 0 aromatic heterocycles. The van der Waals surface area contributed by atoms with Crippen LogP contribution in [0, 0.1) is 0 Å². The Hall–Kier alpha value is 0.240. The molecule has 0 saturated carbocycles. The molecule has 37 valence electrons. The van der Waals surface area contributed by atoms with Crippen molar-refractivity contribution >= 4 is 23.6 Å². The summed E-state index contributed by atoms with van der Waals surface area (Å²) in [6.07, 6.45) is 0. The van der Waals surface area contributed by atoms with Crippen molar-refractivity contribution in [1.82, 2.24) is 0 Å². The molecule has 0 aliphatic carbocycles. The molecule has 0 aromatic carbocycles. The second kappa shape index (κ2) is 1.63. The molecular formula is H2B2O4P. The van der Waals surface area contributed by atoms with Crippen LogP contribution in [0.1, 0.15) is 0 Å². The molecule has 1 aliphatic heterocycles. The molecule has 1 heterocycles. The van der Waals surface area contributed by atoms with Gasteiger partial charge in [-0.25, -0.2) is 4.57 Å². The number of rotatable bonds is 1. The molecule has 1 rings (SSSR count). The van der Waals surface area contributed by atoms with Crippen molar-refractivity contribution < 1.29 is 17.9 Å². The van der Waals surface area contributed by atoms with Crippen LogP contribution in [0.25, 0.3) is 0 Å². The van der Waals surface area contributed by atoms with E-state index in [1.54, 1.807) is 0 Å². The second-order valence-corrected chi connectivity index (χ2v) is 2.62. The highest BCUT2D eigenvalue weighted by atomic mass is 31.2. The van der Waals surface area contributed by atoms with Gasteiger partial charge in [-0.2, -0.15) is 0 Å². The van der Waals surface area contributed by atoms with Gasteiger partial charge in [-0.15, -0.1) is 0 Å². The fourth-order valence-electron chi connectivity index (χ4n) is 0.213. The number of hydrogen-bond acceptors (Lipinski definition) is 4. The van der Waals surface area contributed by atoms with Crippen molar-refractivity contribution in [3.63, 3.8) is 0 Å². The largest absolute Gasteiger partial charge is 0.456 e. The average Bonchev–Trinajstić information content (AvgIpc) is 1.61. The predicted octanol–water partition coefficient (Wildman–Crippen LogP) is -0.760. The Kier molecular flexibility index (Phi) is 1.26. The van der Waals surface area contributed by atoms with Crippen LogP contribution in [0.4, 0.5) is 0 Å². The normalized spacial score (nSPS) is 25.1. The van der Waals surface area contributed by atoms with Crippen molar-refractivity contribution in [2.75, 3.05) is 0 Å². The Morgan fingerprint density at radius 1 is 1.71 bits per heavy atom. The quantitative estimate of drug-likeness (QED) is 0.336. The Morgan fingerprint density at radius 3 is 2.29 bits per heavy atom. The SMILES string of the molecule is [BH]OP1(=O)OBO1. The molecule has 0 spiro atoms. The maximum Gasteiger partial charge on any atom is 0.456 e. The molecule has 1 fully saturated rings. The lowest BCUT2D eigenvalue weighted by Crippen LogP contribution is -2.15. The number of phosphoric acid groups is 1. The minimum atomic E-state index is -3.08. The highest BCUT2D eigenvalue weighted by molar-refractivity contribution is 7.54. The summed E-state index contributed by atoms with van der Waals surface area (Å²) in [4.78, 5) is 0. The molecule has 1 radical (unpaired) electrons. The van der Waals surface area contributed by atoms with Gasteiger partial charge in [-0.1, -0.05) is 0 Å². The molecular weight excluding hydrogens is 117 g/mol. The van der Waals surface area contributed by atoms with Crippen LogP contribution in [0.15, 0.2) is 0 Å². The van der Waals surface area contributed by atoms with Gasteiger partial charge < -0.3 is 13.3 Å². The van der Waals surface area contributed by atoms with E-state index in [-0.39, 0.29) is 7.69 Å². The van der Waals surface area contributed by atoms with Crippen molar-refractivity contribution in [1.29, 1.82) is 0 Å². The van der Waals surface area contributed by atoms with E-state index < -0.39 is 7.82 Å². The zero-order valence-electron chi connectivity index (χ0n) is 3.49. The lowest BCUT2D eigenvalue weighted by Gasteiger charge is -2.22. The Morgan fingerprint density at radius 2 is 2.29 bits per heavy atom. The van der Waals surface area contributed by atoms with Crippen molar-refractivity contribution in [2.24, 2.45) is 0 Å². The van der Waals surface area contributed by atoms with Crippen LogP contribution < -0.4 is 0 Å². The van der Waals surface area contributed by atoms with Gasteiger partial charge in [0.15, 0.2) is 0 Å². The fourth-order valence-corrected chi connectivity index (χ4v) is 0.640. The molecule has 0 unspecified atom stereocenters. The second-order valence-electron chi connectivity index (χ2n) is 0.952. The van der Waals surface area contributed by atoms with E-state index in [1.807, 2.05) is 0 Å². The van der Waals surface area contributed by atoms with Crippen LogP contribution in [0.5, 0.6) is 0 Å². The molecule has 4 nitrogen and oxygen atoms in total. The molecule has 7 heteroatoms. The summed E-state index contributed by atoms with van der Waals surface area (Å²) in [6, 6.07) is 0. The van der Waals surface area contributed by atoms with Crippen molar-refractivity contribution in [2.45, 2.75) is 0 Å². The van der Waals surface area contributed by atoms with E-state index >= 15 is 0 Å². The molecule has 1 aliphatic rings. The summed E-state index contributed by atoms with van der Waals surface area (Å²) in [5.74, 6) is 0. The predicted molar refractivity (Wildman–Crippen MR) is 25.2 cm³/mol. The van der Waals surface area contributed by atoms with Crippen LogP contribution in [0.2, 0.25) is 0 Å². The van der Waals surface area contributed by atoms with Gasteiger partial charge in [-0.05, 0) is 0 Å². The third-order valence-electron chi connectivity index (χ3n) is 0.580. The molecule has 7 heavy (non-hydrogen) atoms. The van der Waals surface area contributed by atoms with E-state index in [0.29, 0.717) is 0 Å². The summed E-state index contributed by atoms with van der Waals surface area (Å²) < 4.78 is 23.0. The van der Waals surface area contributed by atoms with Gasteiger partial charge in [0.05, 0.1) is 0 Å². The van der Waals surface area contributed by atoms with E-state index in [1.165, 1.54) is 0 Å². The van der Waals surface area contributed by atoms with Crippen LogP contribution >= 0.6 is 7.82 Å². The first kappa shape index (κ1) is 5.38. The first-order valence-corrected chi connectivity index (χ1v) is 3.06. The summed E-state index contributed by atoms with van der Waals surface area (Å²) in [5.41, 5.74) is 0. The summed E-state index contributed by atoms with van der Waals surface area (Å²) in [6.45, 7) is 0. The molecule has 0 aromatic rings. The van der Waals surface area contributed by atoms with Gasteiger partial charge in [0, 0.05) is 0 Å². The zero-order valence-corrected chi connectivity index (χ0v) is 4.39. The Bertz CT molecular complexity index is 94.0. The maximum absolute atomic E-state index is 10.3.